The lowest BCUT2D eigenvalue weighted by Gasteiger charge is -2.22. The third-order valence-corrected chi connectivity index (χ3v) is 3.29. The zero-order chi connectivity index (χ0) is 13.8. The van der Waals surface area contributed by atoms with Crippen molar-refractivity contribution in [2.75, 3.05) is 13.2 Å². The summed E-state index contributed by atoms with van der Waals surface area (Å²) in [5.41, 5.74) is 0.618. The van der Waals surface area contributed by atoms with E-state index in [2.05, 4.69) is 0 Å². The van der Waals surface area contributed by atoms with E-state index in [0.29, 0.717) is 13.2 Å². The summed E-state index contributed by atoms with van der Waals surface area (Å²) in [5, 5.41) is 0. The standard InChI is InChI=1S/C17H18O3/c1-17(12-18-15-10-6-3-7-11-15)13-19-16(20-17)14-8-4-2-5-9-14/h2-11,16H,12-13H2,1H3. The highest BCUT2D eigenvalue weighted by molar-refractivity contribution is 5.21. The van der Waals surface area contributed by atoms with Gasteiger partial charge in [0.2, 0.25) is 0 Å². The fourth-order valence-corrected chi connectivity index (χ4v) is 2.18. The van der Waals surface area contributed by atoms with Gasteiger partial charge in [0.25, 0.3) is 0 Å². The molecule has 0 saturated carbocycles. The molecule has 104 valence electrons. The average molecular weight is 270 g/mol. The van der Waals surface area contributed by atoms with Crippen LogP contribution in [-0.2, 0) is 9.47 Å². The summed E-state index contributed by atoms with van der Waals surface area (Å²) in [5.74, 6) is 0.848. The third kappa shape index (κ3) is 3.00. The molecule has 1 heterocycles. The fraction of sp³-hybridized carbons (Fsp3) is 0.294. The number of hydrogen-bond donors (Lipinski definition) is 0. The van der Waals surface area contributed by atoms with E-state index >= 15 is 0 Å². The van der Waals surface area contributed by atoms with Gasteiger partial charge < -0.3 is 14.2 Å². The van der Waals surface area contributed by atoms with Gasteiger partial charge in [-0.05, 0) is 19.1 Å². The largest absolute Gasteiger partial charge is 0.491 e. The molecule has 0 amide bonds. The van der Waals surface area contributed by atoms with Crippen LogP contribution in [0.2, 0.25) is 0 Å². The topological polar surface area (TPSA) is 27.7 Å². The first-order valence-corrected chi connectivity index (χ1v) is 6.77. The highest BCUT2D eigenvalue weighted by atomic mass is 16.7. The fourth-order valence-electron chi connectivity index (χ4n) is 2.18. The van der Waals surface area contributed by atoms with Gasteiger partial charge in [-0.25, -0.2) is 0 Å². The van der Waals surface area contributed by atoms with Crippen LogP contribution >= 0.6 is 0 Å². The molecular weight excluding hydrogens is 252 g/mol. The van der Waals surface area contributed by atoms with Crippen LogP contribution in [0.5, 0.6) is 5.75 Å². The molecule has 3 nitrogen and oxygen atoms in total. The maximum atomic E-state index is 6.01. The second-order valence-corrected chi connectivity index (χ2v) is 5.22. The van der Waals surface area contributed by atoms with Crippen molar-refractivity contribution in [2.45, 2.75) is 18.8 Å². The Morgan fingerprint density at radius 1 is 1.05 bits per heavy atom. The summed E-state index contributed by atoms with van der Waals surface area (Å²) >= 11 is 0. The summed E-state index contributed by atoms with van der Waals surface area (Å²) in [6.07, 6.45) is -0.305. The number of rotatable bonds is 4. The molecule has 2 aromatic rings. The molecule has 20 heavy (non-hydrogen) atoms. The molecule has 0 aromatic heterocycles. The molecule has 0 aliphatic carbocycles. The smallest absolute Gasteiger partial charge is 0.184 e. The first-order valence-electron chi connectivity index (χ1n) is 6.77. The normalized spacial score (nSPS) is 25.6. The van der Waals surface area contributed by atoms with Gasteiger partial charge in [0.1, 0.15) is 18.0 Å². The van der Waals surface area contributed by atoms with Crippen LogP contribution in [0.4, 0.5) is 0 Å². The maximum absolute atomic E-state index is 6.01. The van der Waals surface area contributed by atoms with E-state index in [0.717, 1.165) is 11.3 Å². The minimum atomic E-state index is -0.420. The molecule has 1 aliphatic heterocycles. The molecule has 3 heteroatoms. The quantitative estimate of drug-likeness (QED) is 0.850. The van der Waals surface area contributed by atoms with Crippen LogP contribution < -0.4 is 4.74 Å². The van der Waals surface area contributed by atoms with Crippen molar-refractivity contribution in [2.24, 2.45) is 0 Å². The lowest BCUT2D eigenvalue weighted by atomic mass is 10.1. The Bertz CT molecular complexity index is 541. The summed E-state index contributed by atoms with van der Waals surface area (Å²) in [7, 11) is 0. The molecule has 0 N–H and O–H groups in total. The van der Waals surface area contributed by atoms with Crippen molar-refractivity contribution < 1.29 is 14.2 Å². The van der Waals surface area contributed by atoms with E-state index in [1.807, 2.05) is 67.6 Å². The van der Waals surface area contributed by atoms with E-state index in [4.69, 9.17) is 14.2 Å². The highest BCUT2D eigenvalue weighted by Crippen LogP contribution is 2.33. The predicted octanol–water partition coefficient (Wildman–Crippen LogP) is 3.57. The van der Waals surface area contributed by atoms with E-state index in [1.54, 1.807) is 0 Å². The Balaban J connectivity index is 1.61. The Kier molecular flexibility index (Phi) is 3.72. The molecule has 0 bridgehead atoms. The van der Waals surface area contributed by atoms with Crippen molar-refractivity contribution >= 4 is 0 Å². The van der Waals surface area contributed by atoms with Crippen molar-refractivity contribution in [3.8, 4) is 5.75 Å². The molecule has 1 fully saturated rings. The molecule has 2 unspecified atom stereocenters. The van der Waals surface area contributed by atoms with Crippen LogP contribution in [0.1, 0.15) is 18.8 Å². The van der Waals surface area contributed by atoms with Gasteiger partial charge in [-0.15, -0.1) is 0 Å². The van der Waals surface area contributed by atoms with Crippen molar-refractivity contribution in [3.05, 3.63) is 66.2 Å². The first kappa shape index (κ1) is 13.2. The molecule has 2 atom stereocenters. The second-order valence-electron chi connectivity index (χ2n) is 5.22. The summed E-state index contributed by atoms with van der Waals surface area (Å²) in [6.45, 7) is 3.01. The molecule has 3 rings (SSSR count). The highest BCUT2D eigenvalue weighted by Gasteiger charge is 2.38. The molecular formula is C17H18O3. The van der Waals surface area contributed by atoms with E-state index < -0.39 is 5.60 Å². The zero-order valence-corrected chi connectivity index (χ0v) is 11.5. The Hall–Kier alpha value is -1.84. The van der Waals surface area contributed by atoms with E-state index in [-0.39, 0.29) is 6.29 Å². The minimum absolute atomic E-state index is 0.305. The van der Waals surface area contributed by atoms with Crippen LogP contribution in [0.3, 0.4) is 0 Å². The maximum Gasteiger partial charge on any atom is 0.184 e. The molecule has 0 radical (unpaired) electrons. The Morgan fingerprint density at radius 2 is 1.70 bits per heavy atom. The first-order chi connectivity index (χ1) is 9.75. The third-order valence-electron chi connectivity index (χ3n) is 3.29. The average Bonchev–Trinajstić information content (AvgIpc) is 2.90. The van der Waals surface area contributed by atoms with Crippen molar-refractivity contribution in [1.82, 2.24) is 0 Å². The Morgan fingerprint density at radius 3 is 2.40 bits per heavy atom. The number of ether oxygens (including phenoxy) is 3. The Labute approximate surface area is 119 Å². The van der Waals surface area contributed by atoms with Crippen LogP contribution in [0.15, 0.2) is 60.7 Å². The van der Waals surface area contributed by atoms with Gasteiger partial charge in [-0.2, -0.15) is 0 Å². The number of benzene rings is 2. The van der Waals surface area contributed by atoms with Crippen molar-refractivity contribution in [3.63, 3.8) is 0 Å². The summed E-state index contributed by atoms with van der Waals surface area (Å²) in [6, 6.07) is 19.7. The minimum Gasteiger partial charge on any atom is -0.491 e. The SMILES string of the molecule is CC1(COc2ccccc2)COC(c2ccccc2)O1. The summed E-state index contributed by atoms with van der Waals surface area (Å²) < 4.78 is 17.5. The van der Waals surface area contributed by atoms with Crippen LogP contribution in [0.25, 0.3) is 0 Å². The predicted molar refractivity (Wildman–Crippen MR) is 76.6 cm³/mol. The molecule has 1 saturated heterocycles. The van der Waals surface area contributed by atoms with Gasteiger partial charge in [0.15, 0.2) is 6.29 Å². The molecule has 1 aliphatic rings. The van der Waals surface area contributed by atoms with Gasteiger partial charge in [0, 0.05) is 5.56 Å². The number of para-hydroxylation sites is 1. The second kappa shape index (κ2) is 5.65. The monoisotopic (exact) mass is 270 g/mol. The van der Waals surface area contributed by atoms with Crippen LogP contribution in [0, 0.1) is 0 Å². The van der Waals surface area contributed by atoms with Crippen LogP contribution in [-0.4, -0.2) is 18.8 Å². The van der Waals surface area contributed by atoms with E-state index in [9.17, 15) is 0 Å². The zero-order valence-electron chi connectivity index (χ0n) is 11.5. The van der Waals surface area contributed by atoms with Gasteiger partial charge in [-0.3, -0.25) is 0 Å². The lowest BCUT2D eigenvalue weighted by molar-refractivity contribution is -0.0971. The molecule has 2 aromatic carbocycles. The van der Waals surface area contributed by atoms with E-state index in [1.165, 1.54) is 0 Å². The van der Waals surface area contributed by atoms with Gasteiger partial charge >= 0.3 is 0 Å². The van der Waals surface area contributed by atoms with Crippen molar-refractivity contribution in [1.29, 1.82) is 0 Å². The number of hydrogen-bond acceptors (Lipinski definition) is 3. The van der Waals surface area contributed by atoms with Gasteiger partial charge in [0.05, 0.1) is 6.61 Å². The molecule has 0 spiro atoms. The van der Waals surface area contributed by atoms with Gasteiger partial charge in [-0.1, -0.05) is 48.5 Å². The lowest BCUT2D eigenvalue weighted by Crippen LogP contribution is -2.35. The summed E-state index contributed by atoms with van der Waals surface area (Å²) in [4.78, 5) is 0.